The van der Waals surface area contributed by atoms with Crippen LogP contribution in [-0.4, -0.2) is 52.1 Å². The Hall–Kier alpha value is -0.650. The highest BCUT2D eigenvalue weighted by molar-refractivity contribution is 5.83. The Balaban J connectivity index is 2.42. The predicted molar refractivity (Wildman–Crippen MR) is 56.4 cm³/mol. The van der Waals surface area contributed by atoms with Crippen LogP contribution >= 0.6 is 0 Å². The molecule has 0 spiro atoms. The normalized spacial score (nSPS) is 43.2. The van der Waals surface area contributed by atoms with Crippen LogP contribution < -0.4 is 0 Å². The lowest BCUT2D eigenvalue weighted by molar-refractivity contribution is -0.134. The summed E-state index contributed by atoms with van der Waals surface area (Å²) in [6.45, 7) is 5.54. The van der Waals surface area contributed by atoms with E-state index in [0.29, 0.717) is 0 Å². The molecular formula is C11H19NO4. The number of amides is 1. The van der Waals surface area contributed by atoms with Crippen LogP contribution in [0.15, 0.2) is 0 Å². The van der Waals surface area contributed by atoms with Crippen LogP contribution in [0.1, 0.15) is 20.8 Å². The molecule has 0 aliphatic carbocycles. The summed E-state index contributed by atoms with van der Waals surface area (Å²) < 4.78 is 5.55. The molecule has 0 aromatic rings. The summed E-state index contributed by atoms with van der Waals surface area (Å²) >= 11 is 0. The van der Waals surface area contributed by atoms with Crippen LogP contribution in [0, 0.1) is 11.8 Å². The van der Waals surface area contributed by atoms with Gasteiger partial charge < -0.3 is 19.8 Å². The molecule has 0 aromatic carbocycles. The van der Waals surface area contributed by atoms with E-state index < -0.39 is 17.6 Å². The fraction of sp³-hybridized carbons (Fsp3) is 0.909. The number of carbonyl (C=O) groups excluding carboxylic acids is 1. The van der Waals surface area contributed by atoms with Gasteiger partial charge in [0.2, 0.25) is 5.91 Å². The van der Waals surface area contributed by atoms with Crippen molar-refractivity contribution in [3.05, 3.63) is 0 Å². The van der Waals surface area contributed by atoms with Gasteiger partial charge in [-0.25, -0.2) is 0 Å². The van der Waals surface area contributed by atoms with Crippen molar-refractivity contribution in [2.45, 2.75) is 38.5 Å². The second-order valence-electron chi connectivity index (χ2n) is 5.11. The van der Waals surface area contributed by atoms with E-state index in [4.69, 9.17) is 4.74 Å². The Morgan fingerprint density at radius 3 is 2.75 bits per heavy atom. The minimum atomic E-state index is -0.940. The fourth-order valence-electron chi connectivity index (χ4n) is 3.02. The molecule has 0 saturated carbocycles. The largest absolute Gasteiger partial charge is 0.394 e. The fourth-order valence-corrected chi connectivity index (χ4v) is 3.02. The van der Waals surface area contributed by atoms with Gasteiger partial charge in [-0.1, -0.05) is 20.8 Å². The number of aliphatic hydroxyl groups is 2. The van der Waals surface area contributed by atoms with Crippen LogP contribution in [0.4, 0.5) is 0 Å². The highest BCUT2D eigenvalue weighted by Gasteiger charge is 2.64. The van der Waals surface area contributed by atoms with Crippen molar-refractivity contribution >= 4 is 5.91 Å². The van der Waals surface area contributed by atoms with E-state index in [-0.39, 0.29) is 31.3 Å². The van der Waals surface area contributed by atoms with Gasteiger partial charge in [0.25, 0.3) is 0 Å². The van der Waals surface area contributed by atoms with Crippen molar-refractivity contribution in [1.82, 2.24) is 4.90 Å². The molecule has 0 radical (unpaired) electrons. The van der Waals surface area contributed by atoms with Crippen LogP contribution in [0.25, 0.3) is 0 Å². The summed E-state index contributed by atoms with van der Waals surface area (Å²) in [6.07, 6.45) is -1.17. The van der Waals surface area contributed by atoms with E-state index in [1.54, 1.807) is 6.92 Å². The Labute approximate surface area is 95.0 Å². The molecule has 1 amide bonds. The minimum absolute atomic E-state index is 0.135. The summed E-state index contributed by atoms with van der Waals surface area (Å²) in [7, 11) is 0. The summed E-state index contributed by atoms with van der Waals surface area (Å²) in [4.78, 5) is 13.4. The molecule has 4 unspecified atom stereocenters. The number of carbonyl (C=O) groups is 1. The molecule has 2 fully saturated rings. The zero-order valence-electron chi connectivity index (χ0n) is 9.88. The average Bonchev–Trinajstić information content (AvgIpc) is 2.72. The average molecular weight is 229 g/mol. The number of nitrogens with zero attached hydrogens (tertiary/aromatic N) is 1. The summed E-state index contributed by atoms with van der Waals surface area (Å²) in [6, 6.07) is 0. The first kappa shape index (κ1) is 11.8. The number of aliphatic hydroxyl groups excluding tert-OH is 2. The number of rotatable bonds is 2. The van der Waals surface area contributed by atoms with Gasteiger partial charge in [0.1, 0.15) is 12.3 Å². The third kappa shape index (κ3) is 1.19. The van der Waals surface area contributed by atoms with E-state index in [1.807, 2.05) is 13.8 Å². The summed E-state index contributed by atoms with van der Waals surface area (Å²) in [5.41, 5.74) is -0.940. The molecule has 2 heterocycles. The van der Waals surface area contributed by atoms with Crippen LogP contribution in [-0.2, 0) is 9.53 Å². The van der Waals surface area contributed by atoms with Gasteiger partial charge in [-0.15, -0.1) is 0 Å². The Morgan fingerprint density at radius 2 is 2.25 bits per heavy atom. The van der Waals surface area contributed by atoms with Crippen molar-refractivity contribution in [3.63, 3.8) is 0 Å². The lowest BCUT2D eigenvalue weighted by Crippen LogP contribution is -2.58. The smallest absolute Gasteiger partial charge is 0.230 e. The monoisotopic (exact) mass is 229 g/mol. The Bertz CT molecular complexity index is 306. The first-order chi connectivity index (χ1) is 7.46. The molecule has 5 nitrogen and oxygen atoms in total. The van der Waals surface area contributed by atoms with E-state index in [2.05, 4.69) is 0 Å². The van der Waals surface area contributed by atoms with E-state index >= 15 is 0 Å². The predicted octanol–water partition coefficient (Wildman–Crippen LogP) is -0.431. The second kappa shape index (κ2) is 3.68. The van der Waals surface area contributed by atoms with Gasteiger partial charge in [0.05, 0.1) is 24.7 Å². The number of hydrogen-bond acceptors (Lipinski definition) is 4. The van der Waals surface area contributed by atoms with Crippen LogP contribution in [0.5, 0.6) is 0 Å². The SMILES string of the molecule is CC(C)C1OCN2C(=O)C(C)C(O)C12CO. The standard InChI is InChI=1S/C11H19NO4/c1-6(2)9-11(4-13)8(14)7(3)10(15)12(11)5-16-9/h6-9,13-14H,4-5H2,1-3H3. The molecule has 5 heteroatoms. The first-order valence-electron chi connectivity index (χ1n) is 5.68. The topological polar surface area (TPSA) is 70.0 Å². The molecule has 2 N–H and O–H groups in total. The highest BCUT2D eigenvalue weighted by atomic mass is 16.5. The molecule has 0 bridgehead atoms. The number of ether oxygens (including phenoxy) is 1. The van der Waals surface area contributed by atoms with Crippen molar-refractivity contribution in [3.8, 4) is 0 Å². The quantitative estimate of drug-likeness (QED) is 0.674. The van der Waals surface area contributed by atoms with Crippen molar-refractivity contribution in [1.29, 1.82) is 0 Å². The molecular weight excluding hydrogens is 210 g/mol. The highest BCUT2D eigenvalue weighted by Crippen LogP contribution is 2.44. The van der Waals surface area contributed by atoms with Crippen molar-refractivity contribution < 1.29 is 19.7 Å². The summed E-state index contributed by atoms with van der Waals surface area (Å²) in [5.74, 6) is -0.452. The van der Waals surface area contributed by atoms with E-state index in [9.17, 15) is 15.0 Å². The van der Waals surface area contributed by atoms with Gasteiger partial charge in [-0.3, -0.25) is 4.79 Å². The molecule has 4 atom stereocenters. The molecule has 92 valence electrons. The summed E-state index contributed by atoms with van der Waals surface area (Å²) in [5, 5.41) is 19.8. The molecule has 2 aliphatic heterocycles. The molecule has 2 aliphatic rings. The molecule has 16 heavy (non-hydrogen) atoms. The minimum Gasteiger partial charge on any atom is -0.394 e. The first-order valence-corrected chi connectivity index (χ1v) is 5.68. The number of hydrogen-bond donors (Lipinski definition) is 2. The lowest BCUT2D eigenvalue weighted by Gasteiger charge is -2.37. The molecule has 2 saturated heterocycles. The van der Waals surface area contributed by atoms with Gasteiger partial charge in [0, 0.05) is 0 Å². The van der Waals surface area contributed by atoms with Crippen molar-refractivity contribution in [2.75, 3.05) is 13.3 Å². The maximum atomic E-state index is 11.9. The van der Waals surface area contributed by atoms with E-state index in [1.165, 1.54) is 4.90 Å². The van der Waals surface area contributed by atoms with Crippen LogP contribution in [0.2, 0.25) is 0 Å². The zero-order valence-corrected chi connectivity index (χ0v) is 9.88. The molecule has 2 rings (SSSR count). The van der Waals surface area contributed by atoms with Crippen molar-refractivity contribution in [2.24, 2.45) is 11.8 Å². The maximum Gasteiger partial charge on any atom is 0.230 e. The van der Waals surface area contributed by atoms with Gasteiger partial charge in [-0.2, -0.15) is 0 Å². The Kier molecular flexibility index (Phi) is 2.72. The van der Waals surface area contributed by atoms with Gasteiger partial charge in [-0.05, 0) is 5.92 Å². The van der Waals surface area contributed by atoms with Crippen LogP contribution in [0.3, 0.4) is 0 Å². The Morgan fingerprint density at radius 1 is 1.62 bits per heavy atom. The maximum absolute atomic E-state index is 11.9. The van der Waals surface area contributed by atoms with Gasteiger partial charge in [0.15, 0.2) is 0 Å². The number of fused-ring (bicyclic) bond motifs is 1. The van der Waals surface area contributed by atoms with Gasteiger partial charge >= 0.3 is 0 Å². The second-order valence-corrected chi connectivity index (χ2v) is 5.11. The zero-order chi connectivity index (χ0) is 12.1. The molecule has 0 aromatic heterocycles. The van der Waals surface area contributed by atoms with E-state index in [0.717, 1.165) is 0 Å². The lowest BCUT2D eigenvalue weighted by atomic mass is 9.80. The third-order valence-electron chi connectivity index (χ3n) is 3.88. The third-order valence-corrected chi connectivity index (χ3v) is 3.88.